The lowest BCUT2D eigenvalue weighted by Gasteiger charge is -2.28. The minimum absolute atomic E-state index is 0.160. The van der Waals surface area contributed by atoms with Crippen LogP contribution in [0.25, 0.3) is 0 Å². The van der Waals surface area contributed by atoms with Crippen LogP contribution in [0.4, 0.5) is 5.69 Å². The second-order valence-electron chi connectivity index (χ2n) is 6.08. The van der Waals surface area contributed by atoms with Crippen LogP contribution in [0.15, 0.2) is 47.1 Å². The molecule has 0 saturated carbocycles. The van der Waals surface area contributed by atoms with Crippen LogP contribution in [0.3, 0.4) is 0 Å². The smallest absolute Gasteiger partial charge is 0.251 e. The molecular weight excluding hydrogens is 340 g/mol. The molecule has 0 atom stereocenters. The van der Waals surface area contributed by atoms with Gasteiger partial charge in [0.25, 0.3) is 5.91 Å². The molecule has 0 radical (unpaired) electrons. The highest BCUT2D eigenvalue weighted by molar-refractivity contribution is 7.92. The molecule has 0 aliphatic carbocycles. The standard InChI is InChI=1S/C18H22N2O4S/c21-18(19-11-3-5-17-6-4-13-24-17)15-7-9-16(10-8-15)20-12-1-2-14-25(20,22)23/h4,6-10,13H,1-3,5,11-12,14H2,(H,19,21). The molecule has 0 unspecified atom stereocenters. The van der Waals surface area contributed by atoms with Gasteiger partial charge in [0, 0.05) is 25.1 Å². The molecule has 134 valence electrons. The Morgan fingerprint density at radius 2 is 1.96 bits per heavy atom. The lowest BCUT2D eigenvalue weighted by molar-refractivity contribution is 0.0953. The first-order chi connectivity index (χ1) is 12.1. The molecule has 1 saturated heterocycles. The summed E-state index contributed by atoms with van der Waals surface area (Å²) in [5.74, 6) is 0.930. The van der Waals surface area contributed by atoms with Crippen LogP contribution in [0.5, 0.6) is 0 Å². The van der Waals surface area contributed by atoms with Gasteiger partial charge in [-0.3, -0.25) is 9.10 Å². The van der Waals surface area contributed by atoms with Gasteiger partial charge in [-0.2, -0.15) is 0 Å². The summed E-state index contributed by atoms with van der Waals surface area (Å²) < 4.78 is 30.9. The zero-order valence-corrected chi connectivity index (χ0v) is 14.8. The Morgan fingerprint density at radius 3 is 2.64 bits per heavy atom. The molecule has 1 aliphatic heterocycles. The van der Waals surface area contributed by atoms with E-state index >= 15 is 0 Å². The predicted molar refractivity (Wildman–Crippen MR) is 96.2 cm³/mol. The van der Waals surface area contributed by atoms with Gasteiger partial charge in [-0.1, -0.05) is 0 Å². The minimum Gasteiger partial charge on any atom is -0.469 e. The SMILES string of the molecule is O=C(NCCCc1ccco1)c1ccc(N2CCCCS2(=O)=O)cc1. The van der Waals surface area contributed by atoms with Crippen LogP contribution in [-0.4, -0.2) is 33.2 Å². The van der Waals surface area contributed by atoms with Crippen molar-refractivity contribution in [1.82, 2.24) is 5.32 Å². The van der Waals surface area contributed by atoms with Crippen LogP contribution in [0.1, 0.15) is 35.4 Å². The fourth-order valence-electron chi connectivity index (χ4n) is 2.88. The number of nitrogens with zero attached hydrogens (tertiary/aromatic N) is 1. The van der Waals surface area contributed by atoms with E-state index in [9.17, 15) is 13.2 Å². The first kappa shape index (κ1) is 17.5. The summed E-state index contributed by atoms with van der Waals surface area (Å²) in [6.07, 6.45) is 4.77. The summed E-state index contributed by atoms with van der Waals surface area (Å²) in [5, 5.41) is 2.86. The highest BCUT2D eigenvalue weighted by Gasteiger charge is 2.25. The molecule has 2 aromatic rings. The van der Waals surface area contributed by atoms with Crippen molar-refractivity contribution in [2.75, 3.05) is 23.1 Å². The zero-order valence-electron chi connectivity index (χ0n) is 14.0. The lowest BCUT2D eigenvalue weighted by Crippen LogP contribution is -2.37. The van der Waals surface area contributed by atoms with Crippen molar-refractivity contribution >= 4 is 21.6 Å². The van der Waals surface area contributed by atoms with Crippen molar-refractivity contribution in [2.24, 2.45) is 0 Å². The third-order valence-corrected chi connectivity index (χ3v) is 6.10. The summed E-state index contributed by atoms with van der Waals surface area (Å²) in [5.41, 5.74) is 1.14. The molecule has 1 fully saturated rings. The van der Waals surface area contributed by atoms with E-state index < -0.39 is 10.0 Å². The summed E-state index contributed by atoms with van der Waals surface area (Å²) in [6, 6.07) is 10.5. The third-order valence-electron chi connectivity index (χ3n) is 4.23. The average molecular weight is 362 g/mol. The summed E-state index contributed by atoms with van der Waals surface area (Å²) in [7, 11) is -3.22. The van der Waals surface area contributed by atoms with Crippen LogP contribution < -0.4 is 9.62 Å². The topological polar surface area (TPSA) is 79.6 Å². The molecule has 1 aromatic carbocycles. The third kappa shape index (κ3) is 4.42. The molecule has 3 rings (SSSR count). The van der Waals surface area contributed by atoms with Crippen molar-refractivity contribution in [3.8, 4) is 0 Å². The maximum absolute atomic E-state index is 12.2. The number of carbonyl (C=O) groups is 1. The van der Waals surface area contributed by atoms with E-state index in [-0.39, 0.29) is 11.7 Å². The van der Waals surface area contributed by atoms with E-state index in [2.05, 4.69) is 5.32 Å². The highest BCUT2D eigenvalue weighted by Crippen LogP contribution is 2.23. The van der Waals surface area contributed by atoms with Crippen LogP contribution in [-0.2, 0) is 16.4 Å². The number of furan rings is 1. The second-order valence-corrected chi connectivity index (χ2v) is 8.09. The van der Waals surface area contributed by atoms with E-state index in [0.717, 1.165) is 25.0 Å². The van der Waals surface area contributed by atoms with E-state index in [1.165, 1.54) is 4.31 Å². The molecule has 1 aliphatic rings. The minimum atomic E-state index is -3.22. The number of aryl methyl sites for hydroxylation is 1. The molecule has 1 N–H and O–H groups in total. The van der Waals surface area contributed by atoms with Crippen LogP contribution in [0, 0.1) is 0 Å². The normalized spacial score (nSPS) is 16.6. The fraction of sp³-hybridized carbons (Fsp3) is 0.389. The number of benzene rings is 1. The van der Waals surface area contributed by atoms with E-state index in [0.29, 0.717) is 30.8 Å². The quantitative estimate of drug-likeness (QED) is 0.801. The first-order valence-corrected chi connectivity index (χ1v) is 10.1. The van der Waals surface area contributed by atoms with Gasteiger partial charge in [-0.15, -0.1) is 0 Å². The van der Waals surface area contributed by atoms with Gasteiger partial charge >= 0.3 is 0 Å². The maximum atomic E-state index is 12.2. The molecule has 6 nitrogen and oxygen atoms in total. The lowest BCUT2D eigenvalue weighted by atomic mass is 10.2. The van der Waals surface area contributed by atoms with Gasteiger partial charge in [0.15, 0.2) is 0 Å². The monoisotopic (exact) mass is 362 g/mol. The Hall–Kier alpha value is -2.28. The summed E-state index contributed by atoms with van der Waals surface area (Å²) in [4.78, 5) is 12.2. The Kier molecular flexibility index (Phi) is 5.43. The molecule has 2 heterocycles. The maximum Gasteiger partial charge on any atom is 0.251 e. The van der Waals surface area contributed by atoms with Crippen molar-refractivity contribution in [3.05, 3.63) is 54.0 Å². The van der Waals surface area contributed by atoms with Crippen LogP contribution in [0.2, 0.25) is 0 Å². The molecular formula is C18H22N2O4S. The molecule has 1 amide bonds. The Balaban J connectivity index is 1.53. The van der Waals surface area contributed by atoms with E-state index in [1.54, 1.807) is 30.5 Å². The number of rotatable bonds is 6. The van der Waals surface area contributed by atoms with Gasteiger partial charge in [0.05, 0.1) is 17.7 Å². The van der Waals surface area contributed by atoms with Gasteiger partial charge in [0.2, 0.25) is 10.0 Å². The van der Waals surface area contributed by atoms with E-state index in [4.69, 9.17) is 4.42 Å². The Morgan fingerprint density at radius 1 is 1.16 bits per heavy atom. The van der Waals surface area contributed by atoms with E-state index in [1.807, 2.05) is 12.1 Å². The molecule has 25 heavy (non-hydrogen) atoms. The summed E-state index contributed by atoms with van der Waals surface area (Å²) >= 11 is 0. The fourth-order valence-corrected chi connectivity index (χ4v) is 4.52. The first-order valence-electron chi connectivity index (χ1n) is 8.47. The van der Waals surface area contributed by atoms with Gasteiger partial charge in [-0.25, -0.2) is 8.42 Å². The molecule has 1 aromatic heterocycles. The second kappa shape index (κ2) is 7.74. The van der Waals surface area contributed by atoms with Crippen molar-refractivity contribution in [1.29, 1.82) is 0 Å². The van der Waals surface area contributed by atoms with Crippen LogP contribution >= 0.6 is 0 Å². The van der Waals surface area contributed by atoms with Gasteiger partial charge in [-0.05, 0) is 55.7 Å². The number of hydrogen-bond acceptors (Lipinski definition) is 4. The number of sulfonamides is 1. The number of carbonyl (C=O) groups excluding carboxylic acids is 1. The zero-order chi connectivity index (χ0) is 17.7. The Bertz CT molecular complexity index is 798. The average Bonchev–Trinajstić information content (AvgIpc) is 3.12. The number of nitrogens with one attached hydrogen (secondary N) is 1. The Labute approximate surface area is 147 Å². The number of hydrogen-bond donors (Lipinski definition) is 1. The molecule has 7 heteroatoms. The summed E-state index contributed by atoms with van der Waals surface area (Å²) in [6.45, 7) is 1.06. The van der Waals surface area contributed by atoms with Crippen molar-refractivity contribution in [2.45, 2.75) is 25.7 Å². The van der Waals surface area contributed by atoms with Crippen molar-refractivity contribution in [3.63, 3.8) is 0 Å². The number of anilines is 1. The van der Waals surface area contributed by atoms with Crippen molar-refractivity contribution < 1.29 is 17.6 Å². The van der Waals surface area contributed by atoms with Gasteiger partial charge in [0.1, 0.15) is 5.76 Å². The number of amides is 1. The molecule has 0 spiro atoms. The largest absolute Gasteiger partial charge is 0.469 e. The predicted octanol–water partition coefficient (Wildman–Crippen LogP) is 2.57. The van der Waals surface area contributed by atoms with Gasteiger partial charge < -0.3 is 9.73 Å². The molecule has 0 bridgehead atoms. The highest BCUT2D eigenvalue weighted by atomic mass is 32.2.